The number of piperidine rings is 1. The van der Waals surface area contributed by atoms with Gasteiger partial charge in [0.2, 0.25) is 0 Å². The van der Waals surface area contributed by atoms with Crippen LogP contribution in [0.4, 0.5) is 4.79 Å². The number of urea groups is 1. The summed E-state index contributed by atoms with van der Waals surface area (Å²) in [6.45, 7) is 6.98. The highest BCUT2D eigenvalue weighted by molar-refractivity contribution is 5.95. The Morgan fingerprint density at radius 3 is 2.50 bits per heavy atom. The summed E-state index contributed by atoms with van der Waals surface area (Å²) in [7, 11) is 0. The molecule has 1 fully saturated rings. The van der Waals surface area contributed by atoms with Crippen molar-refractivity contribution in [2.24, 2.45) is 5.92 Å². The number of nitrogens with zero attached hydrogens (tertiary/aromatic N) is 2. The zero-order valence-electron chi connectivity index (χ0n) is 21.8. The lowest BCUT2D eigenvalue weighted by Gasteiger charge is -2.39. The largest absolute Gasteiger partial charge is 0.464 e. The van der Waals surface area contributed by atoms with Crippen molar-refractivity contribution in [3.05, 3.63) is 93.5 Å². The van der Waals surface area contributed by atoms with Gasteiger partial charge in [0, 0.05) is 18.8 Å². The summed E-state index contributed by atoms with van der Waals surface area (Å²) in [5.74, 6) is -0.251. The average molecular weight is 516 g/mol. The van der Waals surface area contributed by atoms with Crippen molar-refractivity contribution in [1.29, 1.82) is 0 Å². The molecular formula is C30H33N3O5. The number of hydrogen-bond acceptors (Lipinski definition) is 6. The van der Waals surface area contributed by atoms with E-state index >= 15 is 0 Å². The van der Waals surface area contributed by atoms with Gasteiger partial charge in [-0.25, -0.2) is 9.59 Å². The number of benzene rings is 2. The number of carbonyl (C=O) groups is 2. The van der Waals surface area contributed by atoms with E-state index in [1.807, 2.05) is 6.07 Å². The SMILES string of the molecule is CCOC(=O)C1=C(C)N(CC2CCN(Cc3ccccc3)CC2)C(=O)NC1c1coc2ccccc2c1=O. The van der Waals surface area contributed by atoms with Crippen LogP contribution >= 0.6 is 0 Å². The lowest BCUT2D eigenvalue weighted by atomic mass is 9.92. The molecule has 1 unspecified atom stereocenters. The van der Waals surface area contributed by atoms with E-state index in [2.05, 4.69) is 34.5 Å². The summed E-state index contributed by atoms with van der Waals surface area (Å²) in [4.78, 5) is 43.9. The van der Waals surface area contributed by atoms with Crippen LogP contribution in [0.15, 0.2) is 81.3 Å². The molecule has 1 atom stereocenters. The monoisotopic (exact) mass is 515 g/mol. The maximum absolute atomic E-state index is 13.4. The molecule has 198 valence electrons. The maximum atomic E-state index is 13.4. The highest BCUT2D eigenvalue weighted by Gasteiger charge is 2.39. The van der Waals surface area contributed by atoms with Gasteiger partial charge in [-0.2, -0.15) is 0 Å². The number of esters is 1. The smallest absolute Gasteiger partial charge is 0.338 e. The number of fused-ring (bicyclic) bond motifs is 1. The molecule has 0 bridgehead atoms. The summed E-state index contributed by atoms with van der Waals surface area (Å²) < 4.78 is 11.1. The van der Waals surface area contributed by atoms with Crippen molar-refractivity contribution >= 4 is 23.0 Å². The van der Waals surface area contributed by atoms with Crippen LogP contribution < -0.4 is 10.7 Å². The summed E-state index contributed by atoms with van der Waals surface area (Å²) in [5, 5.41) is 3.29. The normalized spacial score (nSPS) is 19.1. The van der Waals surface area contributed by atoms with Crippen molar-refractivity contribution in [2.45, 2.75) is 39.3 Å². The molecule has 0 spiro atoms. The number of hydrogen-bond donors (Lipinski definition) is 1. The first-order valence-electron chi connectivity index (χ1n) is 13.2. The van der Waals surface area contributed by atoms with E-state index < -0.39 is 12.0 Å². The van der Waals surface area contributed by atoms with Crippen molar-refractivity contribution in [3.63, 3.8) is 0 Å². The molecular weight excluding hydrogens is 482 g/mol. The van der Waals surface area contributed by atoms with Gasteiger partial charge in [-0.1, -0.05) is 42.5 Å². The summed E-state index contributed by atoms with van der Waals surface area (Å²) in [5.41, 5.74) is 2.43. The second-order valence-electron chi connectivity index (χ2n) is 9.93. The topological polar surface area (TPSA) is 92.1 Å². The molecule has 1 saturated heterocycles. The Labute approximate surface area is 221 Å². The number of ether oxygens (including phenoxy) is 1. The molecule has 0 radical (unpaired) electrons. The van der Waals surface area contributed by atoms with Crippen molar-refractivity contribution < 1.29 is 18.7 Å². The molecule has 0 saturated carbocycles. The standard InChI is InChI=1S/C30H33N3O5/c1-3-37-29(35)26-20(2)33(18-22-13-15-32(16-14-22)17-21-9-5-4-6-10-21)30(36)31-27(26)24-19-38-25-12-8-7-11-23(25)28(24)34/h4-12,19,22,27H,3,13-18H2,1-2H3,(H,31,36). The zero-order chi connectivity index (χ0) is 26.6. The summed E-state index contributed by atoms with van der Waals surface area (Å²) in [6, 6.07) is 16.1. The fourth-order valence-corrected chi connectivity index (χ4v) is 5.43. The molecule has 3 aromatic rings. The van der Waals surface area contributed by atoms with Gasteiger partial charge in [0.1, 0.15) is 11.8 Å². The minimum absolute atomic E-state index is 0.183. The van der Waals surface area contributed by atoms with Crippen LogP contribution in [0.5, 0.6) is 0 Å². The number of carbonyl (C=O) groups excluding carboxylic acids is 2. The highest BCUT2D eigenvalue weighted by atomic mass is 16.5. The Morgan fingerprint density at radius 2 is 1.76 bits per heavy atom. The first-order chi connectivity index (χ1) is 18.5. The molecule has 38 heavy (non-hydrogen) atoms. The molecule has 1 N–H and O–H groups in total. The Balaban J connectivity index is 1.37. The van der Waals surface area contributed by atoms with E-state index in [9.17, 15) is 14.4 Å². The van der Waals surface area contributed by atoms with Crippen LogP contribution in [-0.2, 0) is 16.1 Å². The predicted molar refractivity (Wildman–Crippen MR) is 144 cm³/mol. The Bertz CT molecular complexity index is 1410. The second-order valence-corrected chi connectivity index (χ2v) is 9.93. The maximum Gasteiger partial charge on any atom is 0.338 e. The van der Waals surface area contributed by atoms with Crippen LogP contribution in [0.2, 0.25) is 0 Å². The molecule has 2 aliphatic heterocycles. The zero-order valence-corrected chi connectivity index (χ0v) is 21.8. The lowest BCUT2D eigenvalue weighted by molar-refractivity contribution is -0.139. The van der Waals surface area contributed by atoms with E-state index in [1.54, 1.807) is 43.0 Å². The van der Waals surface area contributed by atoms with Crippen LogP contribution in [0.3, 0.4) is 0 Å². The first-order valence-corrected chi connectivity index (χ1v) is 13.2. The molecule has 2 aliphatic rings. The van der Waals surface area contributed by atoms with E-state index in [0.29, 0.717) is 29.1 Å². The molecule has 3 heterocycles. The minimum Gasteiger partial charge on any atom is -0.464 e. The quantitative estimate of drug-likeness (QED) is 0.462. The number of rotatable bonds is 7. The Kier molecular flexibility index (Phi) is 7.60. The fourth-order valence-electron chi connectivity index (χ4n) is 5.43. The van der Waals surface area contributed by atoms with Gasteiger partial charge in [0.05, 0.1) is 29.2 Å². The molecule has 8 nitrogen and oxygen atoms in total. The molecule has 2 aromatic carbocycles. The third kappa shape index (κ3) is 5.22. The molecule has 5 rings (SSSR count). The minimum atomic E-state index is -0.952. The van der Waals surface area contributed by atoms with Gasteiger partial charge in [0.15, 0.2) is 5.43 Å². The number of para-hydroxylation sites is 1. The Morgan fingerprint density at radius 1 is 1.05 bits per heavy atom. The second kappa shape index (κ2) is 11.2. The Hall–Kier alpha value is -3.91. The highest BCUT2D eigenvalue weighted by Crippen LogP contribution is 2.32. The van der Waals surface area contributed by atoms with Gasteiger partial charge < -0.3 is 14.5 Å². The average Bonchev–Trinajstić information content (AvgIpc) is 2.93. The van der Waals surface area contributed by atoms with E-state index in [-0.39, 0.29) is 29.2 Å². The van der Waals surface area contributed by atoms with Gasteiger partial charge in [-0.15, -0.1) is 0 Å². The molecule has 0 aliphatic carbocycles. The molecule has 8 heteroatoms. The first kappa shape index (κ1) is 25.7. The van der Waals surface area contributed by atoms with Gasteiger partial charge in [-0.3, -0.25) is 14.6 Å². The summed E-state index contributed by atoms with van der Waals surface area (Å²) >= 11 is 0. The van der Waals surface area contributed by atoms with Crippen LogP contribution in [0.1, 0.15) is 43.9 Å². The van der Waals surface area contributed by atoms with E-state index in [4.69, 9.17) is 9.15 Å². The van der Waals surface area contributed by atoms with Crippen LogP contribution in [-0.4, -0.2) is 48.0 Å². The number of allylic oxidation sites excluding steroid dienone is 1. The number of nitrogens with one attached hydrogen (secondary N) is 1. The molecule has 1 aromatic heterocycles. The van der Waals surface area contributed by atoms with Crippen LogP contribution in [0.25, 0.3) is 11.0 Å². The van der Waals surface area contributed by atoms with E-state index in [1.165, 1.54) is 11.8 Å². The lowest BCUT2D eigenvalue weighted by Crippen LogP contribution is -2.51. The van der Waals surface area contributed by atoms with Crippen molar-refractivity contribution in [3.8, 4) is 0 Å². The summed E-state index contributed by atoms with van der Waals surface area (Å²) in [6.07, 6.45) is 3.24. The number of likely N-dealkylation sites (tertiary alicyclic amines) is 1. The van der Waals surface area contributed by atoms with Crippen molar-refractivity contribution in [1.82, 2.24) is 15.1 Å². The molecule has 2 amide bonds. The van der Waals surface area contributed by atoms with Gasteiger partial charge >= 0.3 is 12.0 Å². The van der Waals surface area contributed by atoms with Gasteiger partial charge in [0.25, 0.3) is 0 Å². The predicted octanol–water partition coefficient (Wildman–Crippen LogP) is 4.61. The third-order valence-corrected chi connectivity index (χ3v) is 7.51. The van der Waals surface area contributed by atoms with Crippen molar-refractivity contribution in [2.75, 3.05) is 26.2 Å². The third-order valence-electron chi connectivity index (χ3n) is 7.51. The van der Waals surface area contributed by atoms with E-state index in [0.717, 1.165) is 32.5 Å². The van der Waals surface area contributed by atoms with Crippen LogP contribution in [0, 0.1) is 5.92 Å². The van der Waals surface area contributed by atoms with Gasteiger partial charge in [-0.05, 0) is 63.4 Å². The number of amides is 2. The fraction of sp³-hybridized carbons (Fsp3) is 0.367.